The molecule has 0 aliphatic rings. The van der Waals surface area contributed by atoms with Crippen molar-refractivity contribution in [2.45, 2.75) is 20.8 Å². The molecule has 82 valence electrons. The molecule has 0 bridgehead atoms. The fourth-order valence-corrected chi connectivity index (χ4v) is 0.744. The zero-order valence-electron chi connectivity index (χ0n) is 9.09. The van der Waals surface area contributed by atoms with Crippen LogP contribution in [0.2, 0.25) is 0 Å². The van der Waals surface area contributed by atoms with Crippen molar-refractivity contribution in [3.05, 3.63) is 0 Å². The van der Waals surface area contributed by atoms with Crippen LogP contribution in [0.25, 0.3) is 0 Å². The average molecular weight is 201 g/mol. The maximum atomic E-state index is 10.5. The molecular weight excluding hydrogens is 182 g/mol. The van der Waals surface area contributed by atoms with E-state index in [1.54, 1.807) is 0 Å². The van der Waals surface area contributed by atoms with Gasteiger partial charge in [-0.25, -0.2) is 0 Å². The molecule has 1 amide bonds. The average Bonchev–Trinajstić information content (AvgIpc) is 2.08. The number of carbonyl (C=O) groups excluding carboxylic acids is 1. The Kier molecular flexibility index (Phi) is 7.83. The van der Waals surface area contributed by atoms with Crippen LogP contribution in [0, 0.1) is 0 Å². The van der Waals surface area contributed by atoms with Crippen LogP contribution in [-0.2, 0) is 9.63 Å². The SMILES string of the molecule is CC(=O)NCCNCCON=C(C)C. The molecule has 0 fully saturated rings. The van der Waals surface area contributed by atoms with E-state index in [-0.39, 0.29) is 5.91 Å². The molecule has 0 unspecified atom stereocenters. The van der Waals surface area contributed by atoms with Crippen LogP contribution in [0.15, 0.2) is 5.16 Å². The highest BCUT2D eigenvalue weighted by atomic mass is 16.6. The standard InChI is InChI=1S/C9H19N3O2/c1-8(2)12-14-7-6-10-4-5-11-9(3)13/h10H,4-7H2,1-3H3,(H,11,13). The van der Waals surface area contributed by atoms with Gasteiger partial charge in [0.2, 0.25) is 5.91 Å². The van der Waals surface area contributed by atoms with Gasteiger partial charge in [-0.1, -0.05) is 5.16 Å². The van der Waals surface area contributed by atoms with Gasteiger partial charge in [0.1, 0.15) is 6.61 Å². The predicted molar refractivity (Wildman–Crippen MR) is 56.3 cm³/mol. The van der Waals surface area contributed by atoms with Crippen LogP contribution in [0.4, 0.5) is 0 Å². The molecule has 0 aromatic rings. The number of hydrogen-bond donors (Lipinski definition) is 2. The summed E-state index contributed by atoms with van der Waals surface area (Å²) >= 11 is 0. The van der Waals surface area contributed by atoms with Gasteiger partial charge in [-0.2, -0.15) is 0 Å². The van der Waals surface area contributed by atoms with Crippen LogP contribution < -0.4 is 10.6 Å². The summed E-state index contributed by atoms with van der Waals surface area (Å²) in [6.45, 7) is 7.93. The molecule has 5 heteroatoms. The van der Waals surface area contributed by atoms with Crippen molar-refractivity contribution < 1.29 is 9.63 Å². The molecule has 0 spiro atoms. The largest absolute Gasteiger partial charge is 0.395 e. The summed E-state index contributed by atoms with van der Waals surface area (Å²) < 4.78 is 0. The van der Waals surface area contributed by atoms with Crippen LogP contribution in [0.5, 0.6) is 0 Å². The Labute approximate surface area is 84.9 Å². The van der Waals surface area contributed by atoms with Crippen LogP contribution in [-0.4, -0.2) is 37.9 Å². The van der Waals surface area contributed by atoms with E-state index in [4.69, 9.17) is 4.84 Å². The van der Waals surface area contributed by atoms with Gasteiger partial charge in [0.25, 0.3) is 0 Å². The lowest BCUT2D eigenvalue weighted by molar-refractivity contribution is -0.118. The van der Waals surface area contributed by atoms with Crippen molar-refractivity contribution in [1.29, 1.82) is 0 Å². The number of hydrogen-bond acceptors (Lipinski definition) is 4. The summed E-state index contributed by atoms with van der Waals surface area (Å²) in [6.07, 6.45) is 0. The molecule has 0 atom stereocenters. The van der Waals surface area contributed by atoms with Gasteiger partial charge >= 0.3 is 0 Å². The fraction of sp³-hybridized carbons (Fsp3) is 0.778. The van der Waals surface area contributed by atoms with Gasteiger partial charge < -0.3 is 15.5 Å². The molecule has 5 nitrogen and oxygen atoms in total. The lowest BCUT2D eigenvalue weighted by atomic mass is 10.5. The van der Waals surface area contributed by atoms with Gasteiger partial charge in [-0.3, -0.25) is 4.79 Å². The van der Waals surface area contributed by atoms with Crippen molar-refractivity contribution in [2.24, 2.45) is 5.16 Å². The molecule has 0 radical (unpaired) electrons. The maximum absolute atomic E-state index is 10.5. The van der Waals surface area contributed by atoms with E-state index in [1.807, 2.05) is 13.8 Å². The first-order chi connectivity index (χ1) is 6.63. The van der Waals surface area contributed by atoms with Gasteiger partial charge in [0.15, 0.2) is 0 Å². The van der Waals surface area contributed by atoms with Crippen molar-refractivity contribution >= 4 is 11.6 Å². The smallest absolute Gasteiger partial charge is 0.216 e. The molecule has 0 saturated heterocycles. The lowest BCUT2D eigenvalue weighted by Crippen LogP contribution is -2.31. The highest BCUT2D eigenvalue weighted by molar-refractivity contribution is 5.78. The maximum Gasteiger partial charge on any atom is 0.216 e. The van der Waals surface area contributed by atoms with Crippen molar-refractivity contribution in [2.75, 3.05) is 26.2 Å². The van der Waals surface area contributed by atoms with Crippen LogP contribution in [0.1, 0.15) is 20.8 Å². The second kappa shape index (κ2) is 8.50. The van der Waals surface area contributed by atoms with Gasteiger partial charge in [0.05, 0.1) is 5.71 Å². The summed E-state index contributed by atoms with van der Waals surface area (Å²) in [5, 5.41) is 9.57. The normalized spacial score (nSPS) is 9.36. The molecule has 0 saturated carbocycles. The number of nitrogens with one attached hydrogen (secondary N) is 2. The van der Waals surface area contributed by atoms with Gasteiger partial charge in [-0.05, 0) is 13.8 Å². The third-order valence-corrected chi connectivity index (χ3v) is 1.29. The monoisotopic (exact) mass is 201 g/mol. The zero-order chi connectivity index (χ0) is 10.8. The Morgan fingerprint density at radius 3 is 2.50 bits per heavy atom. The highest BCUT2D eigenvalue weighted by Crippen LogP contribution is 1.77. The molecular formula is C9H19N3O2. The van der Waals surface area contributed by atoms with E-state index >= 15 is 0 Å². The van der Waals surface area contributed by atoms with Gasteiger partial charge in [-0.15, -0.1) is 0 Å². The Hall–Kier alpha value is -1.10. The van der Waals surface area contributed by atoms with Crippen LogP contribution >= 0.6 is 0 Å². The van der Waals surface area contributed by atoms with Gasteiger partial charge in [0, 0.05) is 26.6 Å². The van der Waals surface area contributed by atoms with E-state index in [1.165, 1.54) is 6.92 Å². The quantitative estimate of drug-likeness (QED) is 0.349. The predicted octanol–water partition coefficient (Wildman–Crippen LogP) is 0.125. The minimum absolute atomic E-state index is 0.00532. The molecule has 0 rings (SSSR count). The molecule has 0 aromatic heterocycles. The fourth-order valence-electron chi connectivity index (χ4n) is 0.744. The first kappa shape index (κ1) is 12.9. The molecule has 0 aliphatic carbocycles. The Morgan fingerprint density at radius 2 is 1.93 bits per heavy atom. The topological polar surface area (TPSA) is 62.7 Å². The van der Waals surface area contributed by atoms with Crippen molar-refractivity contribution in [3.8, 4) is 0 Å². The highest BCUT2D eigenvalue weighted by Gasteiger charge is 1.90. The van der Waals surface area contributed by atoms with Crippen LogP contribution in [0.3, 0.4) is 0 Å². The molecule has 14 heavy (non-hydrogen) atoms. The Bertz CT molecular complexity index is 188. The Balaban J connectivity index is 3.07. The summed E-state index contributed by atoms with van der Waals surface area (Å²) in [5.74, 6) is -0.00532. The summed E-state index contributed by atoms with van der Waals surface area (Å²) in [5.41, 5.74) is 0.906. The summed E-state index contributed by atoms with van der Waals surface area (Å²) in [4.78, 5) is 15.4. The third kappa shape index (κ3) is 10.9. The minimum Gasteiger partial charge on any atom is -0.395 e. The Morgan fingerprint density at radius 1 is 1.21 bits per heavy atom. The molecule has 0 aromatic carbocycles. The van der Waals surface area contributed by atoms with E-state index in [0.717, 1.165) is 18.8 Å². The van der Waals surface area contributed by atoms with Crippen molar-refractivity contribution in [3.63, 3.8) is 0 Å². The number of rotatable bonds is 7. The first-order valence-electron chi connectivity index (χ1n) is 4.71. The molecule has 0 heterocycles. The second-order valence-electron chi connectivity index (χ2n) is 3.10. The van der Waals surface area contributed by atoms with E-state index in [0.29, 0.717) is 13.2 Å². The second-order valence-corrected chi connectivity index (χ2v) is 3.10. The van der Waals surface area contributed by atoms with E-state index < -0.39 is 0 Å². The minimum atomic E-state index is -0.00532. The molecule has 0 aliphatic heterocycles. The lowest BCUT2D eigenvalue weighted by Gasteiger charge is -2.04. The zero-order valence-corrected chi connectivity index (χ0v) is 9.09. The third-order valence-electron chi connectivity index (χ3n) is 1.29. The van der Waals surface area contributed by atoms with E-state index in [9.17, 15) is 4.79 Å². The number of amides is 1. The summed E-state index contributed by atoms with van der Waals surface area (Å²) in [7, 11) is 0. The summed E-state index contributed by atoms with van der Waals surface area (Å²) in [6, 6.07) is 0. The number of oxime groups is 1. The first-order valence-corrected chi connectivity index (χ1v) is 4.71. The van der Waals surface area contributed by atoms with Crippen molar-refractivity contribution in [1.82, 2.24) is 10.6 Å². The number of nitrogens with zero attached hydrogens (tertiary/aromatic N) is 1. The number of carbonyl (C=O) groups is 1. The molecule has 2 N–H and O–H groups in total. The van der Waals surface area contributed by atoms with E-state index in [2.05, 4.69) is 15.8 Å².